The van der Waals surface area contributed by atoms with Crippen LogP contribution in [0, 0.1) is 0 Å². The first-order chi connectivity index (χ1) is 9.63. The van der Waals surface area contributed by atoms with Crippen LogP contribution in [0.25, 0.3) is 0 Å². The maximum atomic E-state index is 5.76. The molecule has 20 heavy (non-hydrogen) atoms. The Bertz CT molecular complexity index is 588. The van der Waals surface area contributed by atoms with Crippen molar-refractivity contribution in [1.29, 1.82) is 0 Å². The Balaban J connectivity index is 2.19. The first kappa shape index (κ1) is 15.3. The van der Waals surface area contributed by atoms with Crippen LogP contribution in [0.4, 0.5) is 0 Å². The predicted octanol–water partition coefficient (Wildman–Crippen LogP) is 4.13. The average Bonchev–Trinajstić information content (AvgIpc) is 2.45. The number of hydrogen-bond donors (Lipinski definition) is 1. The molecule has 0 spiro atoms. The van der Waals surface area contributed by atoms with E-state index in [9.17, 15) is 0 Å². The van der Waals surface area contributed by atoms with Crippen LogP contribution in [0.5, 0.6) is 17.4 Å². The van der Waals surface area contributed by atoms with E-state index in [2.05, 4.69) is 42.2 Å². The third-order valence-corrected chi connectivity index (χ3v) is 3.84. The lowest BCUT2D eigenvalue weighted by atomic mass is 10.3. The second kappa shape index (κ2) is 7.06. The van der Waals surface area contributed by atoms with E-state index in [0.29, 0.717) is 11.6 Å². The van der Waals surface area contributed by atoms with Crippen LogP contribution in [0.1, 0.15) is 5.56 Å². The number of benzene rings is 1. The minimum Gasteiger partial charge on any atom is -0.496 e. The number of nitrogens with one attached hydrogen (secondary N) is 1. The second-order valence-corrected chi connectivity index (χ2v) is 5.76. The molecule has 0 aliphatic rings. The lowest BCUT2D eigenvalue weighted by molar-refractivity contribution is 0.408. The summed E-state index contributed by atoms with van der Waals surface area (Å²) in [7, 11) is 3.52. The fourth-order valence-corrected chi connectivity index (χ4v) is 2.53. The van der Waals surface area contributed by atoms with Crippen molar-refractivity contribution in [2.75, 3.05) is 14.2 Å². The maximum Gasteiger partial charge on any atom is 0.219 e. The van der Waals surface area contributed by atoms with Crippen LogP contribution in [0.2, 0.25) is 0 Å². The van der Waals surface area contributed by atoms with E-state index >= 15 is 0 Å². The molecule has 0 unspecified atom stereocenters. The van der Waals surface area contributed by atoms with Gasteiger partial charge in [0.2, 0.25) is 5.88 Å². The van der Waals surface area contributed by atoms with E-state index in [1.807, 2.05) is 31.3 Å². The molecule has 0 saturated heterocycles. The smallest absolute Gasteiger partial charge is 0.219 e. The van der Waals surface area contributed by atoms with Gasteiger partial charge < -0.3 is 14.8 Å². The van der Waals surface area contributed by atoms with Crippen molar-refractivity contribution >= 4 is 31.9 Å². The van der Waals surface area contributed by atoms with Crippen molar-refractivity contribution in [3.8, 4) is 17.4 Å². The fourth-order valence-electron chi connectivity index (χ4n) is 1.64. The molecule has 1 aromatic carbocycles. The zero-order chi connectivity index (χ0) is 14.5. The molecule has 0 saturated carbocycles. The Kier molecular flexibility index (Phi) is 5.39. The van der Waals surface area contributed by atoms with Gasteiger partial charge in [0.25, 0.3) is 0 Å². The first-order valence-corrected chi connectivity index (χ1v) is 7.53. The van der Waals surface area contributed by atoms with Gasteiger partial charge in [-0.3, -0.25) is 0 Å². The van der Waals surface area contributed by atoms with Gasteiger partial charge >= 0.3 is 0 Å². The zero-order valence-corrected chi connectivity index (χ0v) is 14.3. The minimum absolute atomic E-state index is 0.544. The molecule has 4 nitrogen and oxygen atoms in total. The highest BCUT2D eigenvalue weighted by atomic mass is 79.9. The van der Waals surface area contributed by atoms with Crippen molar-refractivity contribution in [2.45, 2.75) is 6.54 Å². The molecule has 0 radical (unpaired) electrons. The summed E-state index contributed by atoms with van der Waals surface area (Å²) in [5, 5.41) is 3.07. The van der Waals surface area contributed by atoms with Crippen molar-refractivity contribution in [3.63, 3.8) is 0 Å². The SMILES string of the molecule is CNCc1ccc(Oc2cc(Br)c(OC)cc2Br)nc1. The van der Waals surface area contributed by atoms with E-state index < -0.39 is 0 Å². The highest BCUT2D eigenvalue weighted by Gasteiger charge is 2.09. The lowest BCUT2D eigenvalue weighted by Crippen LogP contribution is -2.05. The highest BCUT2D eigenvalue weighted by Crippen LogP contribution is 2.37. The molecule has 2 rings (SSSR count). The van der Waals surface area contributed by atoms with Gasteiger partial charge in [-0.05, 0) is 56.6 Å². The molecular weight excluding hydrogens is 388 g/mol. The largest absolute Gasteiger partial charge is 0.496 e. The second-order valence-electron chi connectivity index (χ2n) is 4.05. The van der Waals surface area contributed by atoms with Crippen LogP contribution < -0.4 is 14.8 Å². The molecule has 0 aliphatic carbocycles. The Labute approximate surface area is 134 Å². The quantitative estimate of drug-likeness (QED) is 0.817. The molecule has 1 aromatic heterocycles. The summed E-state index contributed by atoms with van der Waals surface area (Å²) in [6.45, 7) is 0.783. The third-order valence-electron chi connectivity index (χ3n) is 2.60. The van der Waals surface area contributed by atoms with Crippen LogP contribution in [-0.4, -0.2) is 19.1 Å². The summed E-state index contributed by atoms with van der Waals surface area (Å²) in [5.74, 6) is 1.95. The predicted molar refractivity (Wildman–Crippen MR) is 85.5 cm³/mol. The third kappa shape index (κ3) is 3.71. The van der Waals surface area contributed by atoms with Gasteiger partial charge in [0, 0.05) is 18.8 Å². The number of aromatic nitrogens is 1. The Morgan fingerprint density at radius 3 is 2.45 bits per heavy atom. The van der Waals surface area contributed by atoms with E-state index in [1.54, 1.807) is 13.3 Å². The lowest BCUT2D eigenvalue weighted by Gasteiger charge is -2.10. The average molecular weight is 402 g/mol. The maximum absolute atomic E-state index is 5.76. The summed E-state index contributed by atoms with van der Waals surface area (Å²) < 4.78 is 12.6. The summed E-state index contributed by atoms with van der Waals surface area (Å²) in [6, 6.07) is 7.50. The van der Waals surface area contributed by atoms with E-state index in [0.717, 1.165) is 26.8 Å². The minimum atomic E-state index is 0.544. The van der Waals surface area contributed by atoms with Crippen molar-refractivity contribution < 1.29 is 9.47 Å². The van der Waals surface area contributed by atoms with Gasteiger partial charge in [0.1, 0.15) is 11.5 Å². The standard InChI is InChI=1S/C14H14Br2N2O2/c1-17-7-9-3-4-14(18-8-9)20-13-6-10(15)12(19-2)5-11(13)16/h3-6,8,17H,7H2,1-2H3. The van der Waals surface area contributed by atoms with Gasteiger partial charge in [-0.1, -0.05) is 6.07 Å². The molecule has 6 heteroatoms. The van der Waals surface area contributed by atoms with Gasteiger partial charge in [0.05, 0.1) is 16.1 Å². The van der Waals surface area contributed by atoms with Gasteiger partial charge in [-0.25, -0.2) is 4.98 Å². The van der Waals surface area contributed by atoms with Crippen LogP contribution in [0.3, 0.4) is 0 Å². The van der Waals surface area contributed by atoms with Gasteiger partial charge in [-0.15, -0.1) is 0 Å². The molecule has 0 bridgehead atoms. The van der Waals surface area contributed by atoms with E-state index in [1.165, 1.54) is 0 Å². The highest BCUT2D eigenvalue weighted by molar-refractivity contribution is 9.11. The van der Waals surface area contributed by atoms with Crippen molar-refractivity contribution in [1.82, 2.24) is 10.3 Å². The molecule has 2 aromatic rings. The summed E-state index contributed by atoms with van der Waals surface area (Å²) >= 11 is 6.89. The van der Waals surface area contributed by atoms with Crippen LogP contribution >= 0.6 is 31.9 Å². The molecule has 1 heterocycles. The number of ether oxygens (including phenoxy) is 2. The molecule has 0 aliphatic heterocycles. The Hall–Kier alpha value is -1.11. The van der Waals surface area contributed by atoms with Crippen molar-refractivity contribution in [2.24, 2.45) is 0 Å². The molecule has 106 valence electrons. The normalized spacial score (nSPS) is 10.4. The molecule has 0 amide bonds. The summed E-state index contributed by atoms with van der Waals surface area (Å²) in [5.41, 5.74) is 1.11. The summed E-state index contributed by atoms with van der Waals surface area (Å²) in [6.07, 6.45) is 1.79. The van der Waals surface area contributed by atoms with Crippen molar-refractivity contribution in [3.05, 3.63) is 45.0 Å². The number of rotatable bonds is 5. The Morgan fingerprint density at radius 1 is 1.15 bits per heavy atom. The van der Waals surface area contributed by atoms with Gasteiger partial charge in [0.15, 0.2) is 0 Å². The molecular formula is C14H14Br2N2O2. The van der Waals surface area contributed by atoms with Gasteiger partial charge in [-0.2, -0.15) is 0 Å². The summed E-state index contributed by atoms with van der Waals surface area (Å²) in [4.78, 5) is 4.28. The van der Waals surface area contributed by atoms with Crippen LogP contribution in [0.15, 0.2) is 39.4 Å². The van der Waals surface area contributed by atoms with E-state index in [-0.39, 0.29) is 0 Å². The molecule has 1 N–H and O–H groups in total. The number of nitrogens with zero attached hydrogens (tertiary/aromatic N) is 1. The topological polar surface area (TPSA) is 43.4 Å². The fraction of sp³-hybridized carbons (Fsp3) is 0.214. The number of halogens is 2. The zero-order valence-electron chi connectivity index (χ0n) is 11.1. The molecule has 0 atom stereocenters. The number of pyridine rings is 1. The molecule has 0 fully saturated rings. The van der Waals surface area contributed by atoms with Crippen LogP contribution in [-0.2, 0) is 6.54 Å². The first-order valence-electron chi connectivity index (χ1n) is 5.94. The number of methoxy groups -OCH3 is 1. The monoisotopic (exact) mass is 400 g/mol. The number of hydrogen-bond acceptors (Lipinski definition) is 4. The Morgan fingerprint density at radius 2 is 1.85 bits per heavy atom. The van der Waals surface area contributed by atoms with E-state index in [4.69, 9.17) is 9.47 Å².